The van der Waals surface area contributed by atoms with Gasteiger partial charge in [-0.05, 0) is 58.7 Å². The summed E-state index contributed by atoms with van der Waals surface area (Å²) in [7, 11) is 0. The summed E-state index contributed by atoms with van der Waals surface area (Å²) in [6, 6.07) is 12.6. The van der Waals surface area contributed by atoms with E-state index in [4.69, 9.17) is 0 Å². The van der Waals surface area contributed by atoms with Crippen LogP contribution in [0.4, 0.5) is 5.69 Å². The van der Waals surface area contributed by atoms with Gasteiger partial charge in [-0.3, -0.25) is 4.79 Å². The predicted molar refractivity (Wildman–Crippen MR) is 86.9 cm³/mol. The topological polar surface area (TPSA) is 49.3 Å². The Balaban J connectivity index is 2.23. The molecule has 0 aliphatic heterocycles. The third kappa shape index (κ3) is 3.69. The van der Waals surface area contributed by atoms with Crippen molar-refractivity contribution < 1.29 is 9.90 Å². The number of amides is 1. The van der Waals surface area contributed by atoms with Crippen LogP contribution in [0.25, 0.3) is 0 Å². The van der Waals surface area contributed by atoms with Crippen LogP contribution in [0.15, 0.2) is 51.4 Å². The van der Waals surface area contributed by atoms with E-state index < -0.39 is 6.10 Å². The van der Waals surface area contributed by atoms with Gasteiger partial charge in [-0.15, -0.1) is 0 Å². The fraction of sp³-hybridized carbons (Fsp3) is 0.133. The van der Waals surface area contributed by atoms with Crippen LogP contribution in [0.2, 0.25) is 0 Å². The number of benzene rings is 2. The number of carbonyl (C=O) groups excluding carboxylic acids is 1. The highest BCUT2D eigenvalue weighted by Gasteiger charge is 2.11. The standard InChI is InChI=1S/C15H13Br2NO2/c1-9(19)10-3-2-4-12(7-10)18-15(20)13-8-11(16)5-6-14(13)17/h2-9,19H,1H3,(H,18,20)/t9-/m0/s1. The minimum atomic E-state index is -0.565. The zero-order valence-corrected chi connectivity index (χ0v) is 13.9. The summed E-state index contributed by atoms with van der Waals surface area (Å²) in [5.41, 5.74) is 1.96. The molecule has 0 aromatic heterocycles. The number of halogens is 2. The van der Waals surface area contributed by atoms with E-state index in [1.54, 1.807) is 31.2 Å². The number of hydrogen-bond acceptors (Lipinski definition) is 2. The van der Waals surface area contributed by atoms with Crippen molar-refractivity contribution >= 4 is 43.5 Å². The van der Waals surface area contributed by atoms with Gasteiger partial charge in [0.1, 0.15) is 0 Å². The van der Waals surface area contributed by atoms with E-state index in [0.717, 1.165) is 14.5 Å². The normalized spacial score (nSPS) is 12.0. The number of hydrogen-bond donors (Lipinski definition) is 2. The minimum absolute atomic E-state index is 0.207. The van der Waals surface area contributed by atoms with E-state index in [0.29, 0.717) is 11.3 Å². The van der Waals surface area contributed by atoms with Crippen LogP contribution in [0, 0.1) is 0 Å². The van der Waals surface area contributed by atoms with Crippen LogP contribution in [-0.4, -0.2) is 11.0 Å². The predicted octanol–water partition coefficient (Wildman–Crippen LogP) is 4.52. The Hall–Kier alpha value is -1.17. The molecule has 0 aliphatic carbocycles. The maximum atomic E-state index is 12.2. The van der Waals surface area contributed by atoms with E-state index >= 15 is 0 Å². The first kappa shape index (κ1) is 15.2. The molecule has 0 radical (unpaired) electrons. The zero-order chi connectivity index (χ0) is 14.7. The molecule has 0 spiro atoms. The highest BCUT2D eigenvalue weighted by Crippen LogP contribution is 2.23. The van der Waals surface area contributed by atoms with Gasteiger partial charge in [0.2, 0.25) is 0 Å². The van der Waals surface area contributed by atoms with Gasteiger partial charge in [-0.1, -0.05) is 28.1 Å². The molecule has 0 bridgehead atoms. The summed E-state index contributed by atoms with van der Waals surface area (Å²) in [6.07, 6.45) is -0.565. The number of rotatable bonds is 3. The molecule has 3 nitrogen and oxygen atoms in total. The van der Waals surface area contributed by atoms with Gasteiger partial charge in [-0.2, -0.15) is 0 Å². The molecule has 2 rings (SSSR count). The van der Waals surface area contributed by atoms with Crippen LogP contribution in [0.1, 0.15) is 28.9 Å². The Bertz CT molecular complexity index is 642. The van der Waals surface area contributed by atoms with Crippen molar-refractivity contribution in [2.24, 2.45) is 0 Å². The largest absolute Gasteiger partial charge is 0.389 e. The third-order valence-electron chi connectivity index (χ3n) is 2.80. The number of aliphatic hydroxyl groups is 1. The van der Waals surface area contributed by atoms with Gasteiger partial charge in [-0.25, -0.2) is 0 Å². The molecular weight excluding hydrogens is 386 g/mol. The fourth-order valence-electron chi connectivity index (χ4n) is 1.75. The zero-order valence-electron chi connectivity index (χ0n) is 10.7. The van der Waals surface area contributed by atoms with Gasteiger partial charge >= 0.3 is 0 Å². The van der Waals surface area contributed by atoms with Crippen molar-refractivity contribution in [1.29, 1.82) is 0 Å². The van der Waals surface area contributed by atoms with Crippen molar-refractivity contribution in [3.63, 3.8) is 0 Å². The van der Waals surface area contributed by atoms with Gasteiger partial charge in [0, 0.05) is 14.6 Å². The SMILES string of the molecule is C[C@H](O)c1cccc(NC(=O)c2cc(Br)ccc2Br)c1. The average molecular weight is 399 g/mol. The van der Waals surface area contributed by atoms with E-state index in [-0.39, 0.29) is 5.91 Å². The minimum Gasteiger partial charge on any atom is -0.389 e. The van der Waals surface area contributed by atoms with Crippen molar-refractivity contribution in [2.45, 2.75) is 13.0 Å². The molecule has 1 amide bonds. The maximum Gasteiger partial charge on any atom is 0.256 e. The van der Waals surface area contributed by atoms with Crippen LogP contribution in [-0.2, 0) is 0 Å². The summed E-state index contributed by atoms with van der Waals surface area (Å²) in [5, 5.41) is 12.4. The maximum absolute atomic E-state index is 12.2. The Morgan fingerprint density at radius 1 is 1.20 bits per heavy atom. The van der Waals surface area contributed by atoms with Crippen molar-refractivity contribution in [1.82, 2.24) is 0 Å². The van der Waals surface area contributed by atoms with Crippen LogP contribution < -0.4 is 5.32 Å². The smallest absolute Gasteiger partial charge is 0.256 e. The number of nitrogens with one attached hydrogen (secondary N) is 1. The van der Waals surface area contributed by atoms with Gasteiger partial charge in [0.25, 0.3) is 5.91 Å². The Morgan fingerprint density at radius 3 is 2.65 bits per heavy atom. The van der Waals surface area contributed by atoms with Crippen molar-refractivity contribution in [2.75, 3.05) is 5.32 Å². The lowest BCUT2D eigenvalue weighted by molar-refractivity contribution is 0.102. The number of carbonyl (C=O) groups is 1. The summed E-state index contributed by atoms with van der Waals surface area (Å²) in [4.78, 5) is 12.2. The summed E-state index contributed by atoms with van der Waals surface area (Å²) in [5.74, 6) is -0.207. The molecule has 2 aromatic rings. The second-order valence-corrected chi connectivity index (χ2v) is 6.15. The molecule has 2 N–H and O–H groups in total. The second kappa shape index (κ2) is 6.52. The van der Waals surface area contributed by atoms with E-state index in [1.807, 2.05) is 18.2 Å². The Labute approximate surface area is 134 Å². The second-order valence-electron chi connectivity index (χ2n) is 4.38. The highest BCUT2D eigenvalue weighted by atomic mass is 79.9. The Kier molecular flexibility index (Phi) is 4.96. The first-order chi connectivity index (χ1) is 9.47. The van der Waals surface area contributed by atoms with E-state index in [1.165, 1.54) is 0 Å². The summed E-state index contributed by atoms with van der Waals surface area (Å²) < 4.78 is 1.56. The molecule has 20 heavy (non-hydrogen) atoms. The van der Waals surface area contributed by atoms with Crippen molar-refractivity contribution in [3.8, 4) is 0 Å². The molecular formula is C15H13Br2NO2. The number of aliphatic hydroxyl groups excluding tert-OH is 1. The quantitative estimate of drug-likeness (QED) is 0.798. The lowest BCUT2D eigenvalue weighted by atomic mass is 10.1. The molecule has 104 valence electrons. The van der Waals surface area contributed by atoms with Crippen molar-refractivity contribution in [3.05, 3.63) is 62.5 Å². The molecule has 0 fully saturated rings. The molecule has 0 heterocycles. The van der Waals surface area contributed by atoms with E-state index in [2.05, 4.69) is 37.2 Å². The monoisotopic (exact) mass is 397 g/mol. The number of anilines is 1. The molecule has 5 heteroatoms. The van der Waals surface area contributed by atoms with Crippen LogP contribution in [0.3, 0.4) is 0 Å². The molecule has 0 unspecified atom stereocenters. The highest BCUT2D eigenvalue weighted by molar-refractivity contribution is 9.11. The Morgan fingerprint density at radius 2 is 1.95 bits per heavy atom. The molecule has 0 saturated carbocycles. The molecule has 2 aromatic carbocycles. The molecule has 0 saturated heterocycles. The molecule has 1 atom stereocenters. The summed E-state index contributed by atoms with van der Waals surface area (Å²) >= 11 is 6.71. The van der Waals surface area contributed by atoms with Gasteiger partial charge in [0.15, 0.2) is 0 Å². The lowest BCUT2D eigenvalue weighted by Crippen LogP contribution is -2.12. The van der Waals surface area contributed by atoms with E-state index in [9.17, 15) is 9.90 Å². The average Bonchev–Trinajstić information content (AvgIpc) is 2.41. The fourth-order valence-corrected chi connectivity index (χ4v) is 2.53. The van der Waals surface area contributed by atoms with Gasteiger partial charge < -0.3 is 10.4 Å². The van der Waals surface area contributed by atoms with Crippen LogP contribution >= 0.6 is 31.9 Å². The summed E-state index contributed by atoms with van der Waals surface area (Å²) in [6.45, 7) is 1.69. The first-order valence-corrected chi connectivity index (χ1v) is 7.60. The third-order valence-corrected chi connectivity index (χ3v) is 3.98. The first-order valence-electron chi connectivity index (χ1n) is 6.02. The lowest BCUT2D eigenvalue weighted by Gasteiger charge is -2.10. The molecule has 0 aliphatic rings. The van der Waals surface area contributed by atoms with Gasteiger partial charge in [0.05, 0.1) is 11.7 Å². The van der Waals surface area contributed by atoms with Crippen LogP contribution in [0.5, 0.6) is 0 Å².